The molecule has 2 unspecified atom stereocenters. The van der Waals surface area contributed by atoms with E-state index in [9.17, 15) is 9.90 Å². The average Bonchev–Trinajstić information content (AvgIpc) is 2.66. The van der Waals surface area contributed by atoms with Gasteiger partial charge in [0.2, 0.25) is 0 Å². The van der Waals surface area contributed by atoms with Crippen LogP contribution in [0.2, 0.25) is 0 Å². The zero-order valence-electron chi connectivity index (χ0n) is 7.83. The van der Waals surface area contributed by atoms with Crippen LogP contribution in [0.25, 0.3) is 0 Å². The van der Waals surface area contributed by atoms with Gasteiger partial charge in [0.25, 0.3) is 0 Å². The third-order valence-corrected chi connectivity index (χ3v) is 2.03. The number of nitrogen functional groups attached to an aromatic ring is 1. The van der Waals surface area contributed by atoms with Gasteiger partial charge in [0.15, 0.2) is 12.5 Å². The van der Waals surface area contributed by atoms with E-state index in [1.807, 2.05) is 0 Å². The van der Waals surface area contributed by atoms with Crippen LogP contribution in [-0.2, 0) is 14.6 Å². The van der Waals surface area contributed by atoms with Crippen molar-refractivity contribution in [3.05, 3.63) is 22.7 Å². The van der Waals surface area contributed by atoms with Gasteiger partial charge >= 0.3 is 5.69 Å². The van der Waals surface area contributed by atoms with Gasteiger partial charge in [-0.2, -0.15) is 4.98 Å². The molecule has 0 aliphatic carbocycles. The fourth-order valence-corrected chi connectivity index (χ4v) is 1.32. The highest BCUT2D eigenvalue weighted by molar-refractivity contribution is 5.23. The van der Waals surface area contributed by atoms with Gasteiger partial charge in [-0.25, -0.2) is 9.90 Å². The largest absolute Gasteiger partial charge is 0.383 e. The third kappa shape index (κ3) is 1.99. The summed E-state index contributed by atoms with van der Waals surface area (Å²) in [6, 6.07) is 1.48. The molecule has 0 bridgehead atoms. The molecule has 81 valence electrons. The fraction of sp³-hybridized carbons (Fsp3) is 0.500. The van der Waals surface area contributed by atoms with Gasteiger partial charge in [-0.1, -0.05) is 0 Å². The van der Waals surface area contributed by atoms with Gasteiger partial charge in [-0.3, -0.25) is 4.57 Å². The summed E-state index contributed by atoms with van der Waals surface area (Å²) < 4.78 is 11.4. The molecule has 1 radical (unpaired) electrons. The smallest absolute Gasteiger partial charge is 0.351 e. The molecule has 0 saturated carbocycles. The van der Waals surface area contributed by atoms with Crippen molar-refractivity contribution >= 4 is 5.82 Å². The molecule has 7 nitrogen and oxygen atoms in total. The average molecular weight is 212 g/mol. The predicted octanol–water partition coefficient (Wildman–Crippen LogP) is -0.873. The lowest BCUT2D eigenvalue weighted by Crippen LogP contribution is -2.28. The lowest BCUT2D eigenvalue weighted by molar-refractivity contribution is -0.113. The highest BCUT2D eigenvalue weighted by atomic mass is 16.7. The van der Waals surface area contributed by atoms with Gasteiger partial charge in [0.1, 0.15) is 12.4 Å². The maximum atomic E-state index is 11.4. The standard InChI is InChI=1S/C8H10N3O4/c9-5-1-2-11(8(13)10-5)6-4-14-7(3-12)15-6/h1-2,6-7H,3-4H2,(H2,9,10,13). The lowest BCUT2D eigenvalue weighted by Gasteiger charge is -2.11. The Labute approximate surface area is 85.1 Å². The number of rotatable bonds is 2. The number of hydrogen-bond donors (Lipinski definition) is 1. The third-order valence-electron chi connectivity index (χ3n) is 2.03. The molecule has 7 heteroatoms. The topological polar surface area (TPSA) is 99.3 Å². The maximum Gasteiger partial charge on any atom is 0.351 e. The Hall–Kier alpha value is -1.44. The Bertz CT molecular complexity index is 405. The Kier molecular flexibility index (Phi) is 2.67. The molecule has 2 rings (SSSR count). The van der Waals surface area contributed by atoms with Gasteiger partial charge in [-0.05, 0) is 6.07 Å². The molecule has 2 atom stereocenters. The summed E-state index contributed by atoms with van der Waals surface area (Å²) in [5, 5.41) is 10.5. The Morgan fingerprint density at radius 2 is 2.47 bits per heavy atom. The zero-order chi connectivity index (χ0) is 10.8. The molecule has 1 saturated heterocycles. The van der Waals surface area contributed by atoms with E-state index in [4.69, 9.17) is 15.2 Å². The van der Waals surface area contributed by atoms with E-state index < -0.39 is 24.8 Å². The van der Waals surface area contributed by atoms with Crippen LogP contribution in [0.15, 0.2) is 17.1 Å². The van der Waals surface area contributed by atoms with Crippen molar-refractivity contribution in [2.75, 3.05) is 18.9 Å². The highest BCUT2D eigenvalue weighted by Gasteiger charge is 2.27. The number of hydrogen-bond acceptors (Lipinski definition) is 5. The molecular weight excluding hydrogens is 202 g/mol. The summed E-state index contributed by atoms with van der Waals surface area (Å²) in [7, 11) is 0. The number of nitrogens with two attached hydrogens (primary N) is 1. The zero-order valence-corrected chi connectivity index (χ0v) is 7.83. The Morgan fingerprint density at radius 3 is 3.07 bits per heavy atom. The van der Waals surface area contributed by atoms with Gasteiger partial charge in [0.05, 0.1) is 6.61 Å². The van der Waals surface area contributed by atoms with E-state index in [0.29, 0.717) is 0 Å². The van der Waals surface area contributed by atoms with Gasteiger partial charge in [0, 0.05) is 6.20 Å². The summed E-state index contributed by atoms with van der Waals surface area (Å²) >= 11 is 0. The molecule has 2 heterocycles. The number of nitrogens with zero attached hydrogens (tertiary/aromatic N) is 2. The molecule has 1 aliphatic rings. The van der Waals surface area contributed by atoms with Crippen LogP contribution >= 0.6 is 0 Å². The first kappa shape index (κ1) is 10.1. The number of ether oxygens (including phenoxy) is 2. The van der Waals surface area contributed by atoms with Crippen LogP contribution in [0, 0.1) is 0 Å². The van der Waals surface area contributed by atoms with E-state index >= 15 is 0 Å². The molecule has 2 N–H and O–H groups in total. The molecule has 1 aromatic heterocycles. The van der Waals surface area contributed by atoms with Crippen LogP contribution in [0.4, 0.5) is 5.82 Å². The van der Waals surface area contributed by atoms with Gasteiger partial charge in [-0.15, -0.1) is 0 Å². The molecule has 15 heavy (non-hydrogen) atoms. The van der Waals surface area contributed by atoms with E-state index in [0.717, 1.165) is 0 Å². The molecule has 0 spiro atoms. The molecule has 1 fully saturated rings. The molecular formula is C8H10N3O4. The second-order valence-corrected chi connectivity index (χ2v) is 3.06. The molecule has 0 aromatic carbocycles. The van der Waals surface area contributed by atoms with Crippen molar-refractivity contribution in [1.29, 1.82) is 0 Å². The summed E-state index contributed by atoms with van der Waals surface area (Å²) in [6.07, 6.45) is 0.0790. The van der Waals surface area contributed by atoms with E-state index in [1.165, 1.54) is 16.8 Å². The fourth-order valence-electron chi connectivity index (χ4n) is 1.32. The van der Waals surface area contributed by atoms with Crippen molar-refractivity contribution in [2.24, 2.45) is 0 Å². The minimum Gasteiger partial charge on any atom is -0.383 e. The Morgan fingerprint density at radius 1 is 1.67 bits per heavy atom. The second kappa shape index (κ2) is 3.97. The van der Waals surface area contributed by atoms with Crippen LogP contribution < -0.4 is 11.4 Å². The first-order valence-corrected chi connectivity index (χ1v) is 4.40. The summed E-state index contributed by atoms with van der Waals surface area (Å²) in [5.74, 6) is 0.149. The van der Waals surface area contributed by atoms with Gasteiger partial charge < -0.3 is 15.2 Å². The van der Waals surface area contributed by atoms with Crippen LogP contribution in [0.3, 0.4) is 0 Å². The SMILES string of the molecule is Nc1ccn(C2COC(C[O])O2)c(=O)n1. The van der Waals surface area contributed by atoms with E-state index in [1.54, 1.807) is 0 Å². The minimum absolute atomic E-state index is 0.149. The maximum absolute atomic E-state index is 11.4. The molecule has 0 amide bonds. The molecule has 1 aromatic rings. The van der Waals surface area contributed by atoms with Crippen LogP contribution in [0.5, 0.6) is 0 Å². The first-order chi connectivity index (χ1) is 7.20. The first-order valence-electron chi connectivity index (χ1n) is 4.40. The predicted molar refractivity (Wildman–Crippen MR) is 48.3 cm³/mol. The Balaban J connectivity index is 2.20. The summed E-state index contributed by atoms with van der Waals surface area (Å²) in [4.78, 5) is 14.9. The highest BCUT2D eigenvalue weighted by Crippen LogP contribution is 2.18. The quantitative estimate of drug-likeness (QED) is 0.686. The molecule has 1 aliphatic heterocycles. The normalized spacial score (nSPS) is 25.7. The monoisotopic (exact) mass is 212 g/mol. The lowest BCUT2D eigenvalue weighted by atomic mass is 10.5. The van der Waals surface area contributed by atoms with Crippen molar-refractivity contribution in [2.45, 2.75) is 12.5 Å². The van der Waals surface area contributed by atoms with E-state index in [-0.39, 0.29) is 12.4 Å². The van der Waals surface area contributed by atoms with Crippen molar-refractivity contribution in [3.8, 4) is 0 Å². The van der Waals surface area contributed by atoms with Crippen LogP contribution in [-0.4, -0.2) is 29.1 Å². The van der Waals surface area contributed by atoms with Crippen molar-refractivity contribution in [1.82, 2.24) is 9.55 Å². The number of aromatic nitrogens is 2. The van der Waals surface area contributed by atoms with Crippen molar-refractivity contribution < 1.29 is 14.6 Å². The summed E-state index contributed by atoms with van der Waals surface area (Å²) in [6.45, 7) is -0.327. The van der Waals surface area contributed by atoms with Crippen molar-refractivity contribution in [3.63, 3.8) is 0 Å². The minimum atomic E-state index is -0.792. The second-order valence-electron chi connectivity index (χ2n) is 3.06. The summed E-state index contributed by atoms with van der Waals surface area (Å²) in [5.41, 5.74) is 4.81. The van der Waals surface area contributed by atoms with Crippen LogP contribution in [0.1, 0.15) is 6.23 Å². The number of anilines is 1. The van der Waals surface area contributed by atoms with E-state index in [2.05, 4.69) is 4.98 Å².